The van der Waals surface area contributed by atoms with Crippen molar-refractivity contribution in [3.05, 3.63) is 10.9 Å². The first-order chi connectivity index (χ1) is 11.6. The molecule has 7 nitrogen and oxygen atoms in total. The lowest BCUT2D eigenvalue weighted by Crippen LogP contribution is -2.45. The third-order valence-electron chi connectivity index (χ3n) is 3.58. The quantitative estimate of drug-likeness (QED) is 0.467. The van der Waals surface area contributed by atoms with Gasteiger partial charge in [-0.15, -0.1) is 0 Å². The predicted octanol–water partition coefficient (Wildman–Crippen LogP) is 0.797. The van der Waals surface area contributed by atoms with Crippen molar-refractivity contribution < 1.29 is 19.0 Å². The molecule has 2 unspecified atom stereocenters. The number of ether oxygens (including phenoxy) is 1. The number of aliphatic hydroxyl groups excluding tert-OH is 1. The number of rotatable bonds is 6. The molecule has 1 aliphatic rings. The van der Waals surface area contributed by atoms with Crippen LogP contribution in [0.25, 0.3) is 0 Å². The zero-order chi connectivity index (χ0) is 19.2. The van der Waals surface area contributed by atoms with Gasteiger partial charge in [-0.1, -0.05) is 11.6 Å². The predicted molar refractivity (Wildman–Crippen MR) is 95.5 cm³/mol. The molecule has 25 heavy (non-hydrogen) atoms. The summed E-state index contributed by atoms with van der Waals surface area (Å²) >= 11 is 6.15. The molecule has 3 N–H and O–H groups in total. The van der Waals surface area contributed by atoms with Crippen LogP contribution in [-0.2, 0) is 9.53 Å². The zero-order valence-electron chi connectivity index (χ0n) is 15.6. The van der Waals surface area contributed by atoms with Crippen LogP contribution in [0.3, 0.4) is 0 Å². The van der Waals surface area contributed by atoms with E-state index in [9.17, 15) is 14.3 Å². The highest BCUT2D eigenvalue weighted by Crippen LogP contribution is 2.19. The maximum absolute atomic E-state index is 14.4. The van der Waals surface area contributed by atoms with Crippen molar-refractivity contribution in [1.82, 2.24) is 20.4 Å². The molecule has 146 valence electrons. The molecule has 1 amide bonds. The van der Waals surface area contributed by atoms with Gasteiger partial charge in [0.2, 0.25) is 6.41 Å². The fourth-order valence-electron chi connectivity index (χ4n) is 2.53. The Morgan fingerprint density at radius 2 is 2.04 bits per heavy atom. The number of carbonyl (C=O) groups is 1. The minimum Gasteiger partial charge on any atom is -0.373 e. The Morgan fingerprint density at radius 1 is 1.40 bits per heavy atom. The summed E-state index contributed by atoms with van der Waals surface area (Å²) < 4.78 is 19.9. The van der Waals surface area contributed by atoms with Gasteiger partial charge in [-0.2, -0.15) is 0 Å². The highest BCUT2D eigenvalue weighted by molar-refractivity contribution is 6.42. The number of amides is 1. The molecule has 1 heterocycles. The number of aliphatic hydroxyl groups is 1. The summed E-state index contributed by atoms with van der Waals surface area (Å²) in [5, 5.41) is 15.7. The molecule has 1 aliphatic heterocycles. The summed E-state index contributed by atoms with van der Waals surface area (Å²) in [6.45, 7) is 8.54. The minimum absolute atomic E-state index is 0.0171. The van der Waals surface area contributed by atoms with E-state index in [2.05, 4.69) is 10.6 Å². The van der Waals surface area contributed by atoms with Crippen molar-refractivity contribution in [1.29, 1.82) is 0 Å². The topological polar surface area (TPSA) is 77.1 Å². The Kier molecular flexibility index (Phi) is 8.40. The Bertz CT molecular complexity index is 484. The van der Waals surface area contributed by atoms with Gasteiger partial charge in [0.15, 0.2) is 0 Å². The van der Waals surface area contributed by atoms with Gasteiger partial charge >= 0.3 is 0 Å². The molecular weight excluding hydrogens is 351 g/mol. The minimum atomic E-state index is -1.23. The van der Waals surface area contributed by atoms with Crippen molar-refractivity contribution in [2.24, 2.45) is 0 Å². The van der Waals surface area contributed by atoms with E-state index >= 15 is 0 Å². The van der Waals surface area contributed by atoms with Crippen LogP contribution in [0.4, 0.5) is 4.39 Å². The van der Waals surface area contributed by atoms with Crippen molar-refractivity contribution in [2.45, 2.75) is 45.9 Å². The second-order valence-electron chi connectivity index (χ2n) is 6.87. The van der Waals surface area contributed by atoms with Crippen LogP contribution in [-0.4, -0.2) is 78.8 Å². The molecule has 0 aromatic rings. The van der Waals surface area contributed by atoms with Crippen LogP contribution >= 0.6 is 11.6 Å². The summed E-state index contributed by atoms with van der Waals surface area (Å²) in [6, 6.07) is 0. The molecule has 1 saturated heterocycles. The molecular formula is C16H30ClFN4O3. The van der Waals surface area contributed by atoms with Crippen LogP contribution < -0.4 is 10.6 Å². The van der Waals surface area contributed by atoms with Gasteiger partial charge in [0.1, 0.15) is 17.0 Å². The smallest absolute Gasteiger partial charge is 0.266 e. The molecule has 0 aromatic heterocycles. The summed E-state index contributed by atoms with van der Waals surface area (Å²) in [5.74, 6) is -0.0514. The van der Waals surface area contributed by atoms with Crippen LogP contribution in [0.1, 0.15) is 27.7 Å². The van der Waals surface area contributed by atoms with E-state index in [0.717, 1.165) is 0 Å². The Morgan fingerprint density at radius 3 is 2.56 bits per heavy atom. The number of nitrogens with zero attached hydrogens (tertiary/aromatic N) is 2. The van der Waals surface area contributed by atoms with Gasteiger partial charge in [-0.3, -0.25) is 9.69 Å². The fraction of sp³-hybridized carbons (Fsp3) is 0.812. The molecule has 0 aromatic carbocycles. The number of carbonyl (C=O) groups excluding carboxylic acids is 1. The number of hydrogen-bond donors (Lipinski definition) is 3. The normalized spacial score (nSPS) is 22.1. The van der Waals surface area contributed by atoms with Gasteiger partial charge in [0, 0.05) is 33.2 Å². The highest BCUT2D eigenvalue weighted by Gasteiger charge is 2.31. The molecule has 0 bridgehead atoms. The van der Waals surface area contributed by atoms with E-state index in [-0.39, 0.29) is 18.1 Å². The molecule has 0 aliphatic carbocycles. The maximum Gasteiger partial charge on any atom is 0.266 e. The summed E-state index contributed by atoms with van der Waals surface area (Å²) in [7, 11) is 1.63. The Balaban J connectivity index is 2.88. The van der Waals surface area contributed by atoms with Crippen molar-refractivity contribution in [2.75, 3.05) is 39.8 Å². The van der Waals surface area contributed by atoms with Crippen molar-refractivity contribution in [3.63, 3.8) is 0 Å². The standard InChI is InChI=1S/C16H30ClFN4O3/c1-6-20-14(23)12(17)13(19-5)21-7-8-22(10-11(18)9-21)15(24)25-16(2,3)4/h11,15,19,24H,6-10H2,1-5H3,(H,20,23)/b13-12-. The average molecular weight is 381 g/mol. The lowest BCUT2D eigenvalue weighted by molar-refractivity contribution is -0.239. The first-order valence-corrected chi connectivity index (χ1v) is 8.81. The van der Waals surface area contributed by atoms with Gasteiger partial charge in [-0.25, -0.2) is 4.39 Å². The molecule has 0 saturated carbocycles. The summed E-state index contributed by atoms with van der Waals surface area (Å²) in [4.78, 5) is 15.2. The first kappa shape index (κ1) is 22.0. The van der Waals surface area contributed by atoms with Gasteiger partial charge in [0.25, 0.3) is 5.91 Å². The van der Waals surface area contributed by atoms with E-state index in [0.29, 0.717) is 25.5 Å². The van der Waals surface area contributed by atoms with Crippen molar-refractivity contribution in [3.8, 4) is 0 Å². The number of hydrogen-bond acceptors (Lipinski definition) is 6. The second-order valence-corrected chi connectivity index (χ2v) is 7.24. The Labute approximate surface area is 154 Å². The number of alkyl halides is 1. The van der Waals surface area contributed by atoms with E-state index in [4.69, 9.17) is 16.3 Å². The lowest BCUT2D eigenvalue weighted by atomic mass is 10.2. The monoisotopic (exact) mass is 380 g/mol. The van der Waals surface area contributed by atoms with Crippen molar-refractivity contribution >= 4 is 17.5 Å². The Hall–Kier alpha value is -1.09. The largest absolute Gasteiger partial charge is 0.373 e. The SMILES string of the molecule is CCNC(=O)/C(Cl)=C(\NC)N1CCN(C(O)OC(C)(C)C)CC(F)C1. The average Bonchev–Trinajstić information content (AvgIpc) is 2.68. The highest BCUT2D eigenvalue weighted by atomic mass is 35.5. The molecule has 0 radical (unpaired) electrons. The molecule has 1 rings (SSSR count). The van der Waals surface area contributed by atoms with Gasteiger partial charge in [-0.05, 0) is 27.7 Å². The second kappa shape index (κ2) is 9.56. The zero-order valence-corrected chi connectivity index (χ0v) is 16.4. The van der Waals surface area contributed by atoms with Gasteiger partial charge < -0.3 is 25.4 Å². The van der Waals surface area contributed by atoms with E-state index in [1.54, 1.807) is 18.9 Å². The molecule has 1 fully saturated rings. The van der Waals surface area contributed by atoms with Crippen LogP contribution in [0.2, 0.25) is 0 Å². The number of nitrogens with one attached hydrogen (secondary N) is 2. The number of halogens is 2. The summed E-state index contributed by atoms with van der Waals surface area (Å²) in [6.07, 6.45) is -2.43. The van der Waals surface area contributed by atoms with E-state index in [1.807, 2.05) is 20.8 Å². The van der Waals surface area contributed by atoms with Crippen LogP contribution in [0.5, 0.6) is 0 Å². The van der Waals surface area contributed by atoms with Crippen LogP contribution in [0.15, 0.2) is 10.9 Å². The molecule has 9 heteroatoms. The fourth-order valence-corrected chi connectivity index (χ4v) is 2.81. The summed E-state index contributed by atoms with van der Waals surface area (Å²) in [5.41, 5.74) is -0.547. The molecule has 0 spiro atoms. The van der Waals surface area contributed by atoms with E-state index < -0.39 is 24.1 Å². The molecule has 2 atom stereocenters. The first-order valence-electron chi connectivity index (χ1n) is 8.43. The van der Waals surface area contributed by atoms with Crippen LogP contribution in [0, 0.1) is 0 Å². The van der Waals surface area contributed by atoms with E-state index in [1.165, 1.54) is 4.90 Å². The third kappa shape index (κ3) is 6.97. The lowest BCUT2D eigenvalue weighted by Gasteiger charge is -2.32. The van der Waals surface area contributed by atoms with Gasteiger partial charge in [0.05, 0.1) is 12.1 Å². The maximum atomic E-state index is 14.4. The third-order valence-corrected chi connectivity index (χ3v) is 3.93. The number of likely N-dealkylation sites (N-methyl/N-ethyl adjacent to an activating group) is 1.